The van der Waals surface area contributed by atoms with Crippen molar-refractivity contribution in [2.24, 2.45) is 50.7 Å². The molecule has 0 radical (unpaired) electrons. The molecule has 4 aliphatic carbocycles. The summed E-state index contributed by atoms with van der Waals surface area (Å²) in [6.45, 7) is 20.2. The Kier molecular flexibility index (Phi) is 4.66. The first-order chi connectivity index (χ1) is 15.3. The zero-order valence-corrected chi connectivity index (χ0v) is 22.8. The molecule has 0 amide bonds. The molecule has 3 heteroatoms. The van der Waals surface area contributed by atoms with E-state index in [-0.39, 0.29) is 5.41 Å². The fraction of sp³-hybridized carbons (Fsp3) is 1.00. The van der Waals surface area contributed by atoms with Gasteiger partial charge in [0, 0.05) is 24.2 Å². The van der Waals surface area contributed by atoms with Gasteiger partial charge >= 0.3 is 0 Å². The van der Waals surface area contributed by atoms with Gasteiger partial charge in [0.05, 0.1) is 0 Å². The van der Waals surface area contributed by atoms with Crippen LogP contribution in [0.2, 0.25) is 0 Å². The summed E-state index contributed by atoms with van der Waals surface area (Å²) in [5.74, 6) is 1.61. The molecule has 33 heavy (non-hydrogen) atoms. The smallest absolute Gasteiger partial charge is 0.210 e. The van der Waals surface area contributed by atoms with Crippen molar-refractivity contribution in [3.8, 4) is 0 Å². The Hall–Kier alpha value is -0.120. The number of fused-ring (bicyclic) bond motifs is 7. The Morgan fingerprint density at radius 3 is 2.00 bits per heavy atom. The third kappa shape index (κ3) is 2.54. The number of ether oxygens (including phenoxy) is 1. The number of hydrogen-bond acceptors (Lipinski definition) is 3. The Morgan fingerprint density at radius 1 is 0.606 bits per heavy atom. The Labute approximate surface area is 203 Å². The molecule has 6 rings (SSSR count). The molecule has 3 nitrogen and oxygen atoms in total. The number of hydrogen-bond donors (Lipinski definition) is 0. The summed E-state index contributed by atoms with van der Waals surface area (Å²) < 4.78 is 6.89. The highest BCUT2D eigenvalue weighted by Crippen LogP contribution is 2.78. The van der Waals surface area contributed by atoms with Crippen LogP contribution in [-0.2, 0) is 14.5 Å². The van der Waals surface area contributed by atoms with Crippen molar-refractivity contribution >= 4 is 0 Å². The Balaban J connectivity index is 1.38. The fourth-order valence-corrected chi connectivity index (χ4v) is 11.6. The molecular formula is C30H50O3. The van der Waals surface area contributed by atoms with Crippen molar-refractivity contribution in [3.63, 3.8) is 0 Å². The zero-order valence-electron chi connectivity index (χ0n) is 22.8. The summed E-state index contributed by atoms with van der Waals surface area (Å²) in [6, 6.07) is 0. The van der Waals surface area contributed by atoms with Crippen molar-refractivity contribution in [2.75, 3.05) is 0 Å². The maximum Gasteiger partial charge on any atom is 0.210 e. The van der Waals surface area contributed by atoms with Gasteiger partial charge in [-0.3, -0.25) is 0 Å². The third-order valence-corrected chi connectivity index (χ3v) is 13.8. The summed E-state index contributed by atoms with van der Waals surface area (Å²) in [5.41, 5.74) is 1.79. The van der Waals surface area contributed by atoms with E-state index in [1.54, 1.807) is 0 Å². The van der Waals surface area contributed by atoms with Gasteiger partial charge in [0.1, 0.15) is 0 Å². The molecule has 1 spiro atoms. The monoisotopic (exact) mass is 458 g/mol. The largest absolute Gasteiger partial charge is 0.311 e. The minimum atomic E-state index is -0.545. The fourth-order valence-electron chi connectivity index (χ4n) is 11.6. The van der Waals surface area contributed by atoms with Crippen molar-refractivity contribution in [1.29, 1.82) is 0 Å². The lowest BCUT2D eigenvalue weighted by Crippen LogP contribution is -2.70. The molecule has 0 unspecified atom stereocenters. The van der Waals surface area contributed by atoms with Crippen molar-refractivity contribution in [1.82, 2.24) is 0 Å². The molecule has 0 aromatic carbocycles. The van der Waals surface area contributed by atoms with E-state index in [2.05, 4.69) is 55.4 Å². The summed E-state index contributed by atoms with van der Waals surface area (Å²) >= 11 is 0. The maximum absolute atomic E-state index is 6.89. The van der Waals surface area contributed by atoms with E-state index in [1.165, 1.54) is 57.8 Å². The number of rotatable bonds is 1. The highest BCUT2D eigenvalue weighted by atomic mass is 17.3. The summed E-state index contributed by atoms with van der Waals surface area (Å²) in [4.78, 5) is 12.4. The minimum Gasteiger partial charge on any atom is -0.311 e. The van der Waals surface area contributed by atoms with E-state index >= 15 is 0 Å². The van der Waals surface area contributed by atoms with Crippen LogP contribution in [-0.4, -0.2) is 11.6 Å². The van der Waals surface area contributed by atoms with Crippen LogP contribution in [0.3, 0.4) is 0 Å². The normalized spacial score (nSPS) is 59.4. The van der Waals surface area contributed by atoms with Gasteiger partial charge in [0.2, 0.25) is 11.6 Å². The Morgan fingerprint density at radius 2 is 1.27 bits per heavy atom. The molecule has 6 aliphatic rings. The topological polar surface area (TPSA) is 27.7 Å². The van der Waals surface area contributed by atoms with Gasteiger partial charge in [-0.1, -0.05) is 61.8 Å². The molecule has 2 aliphatic heterocycles. The first kappa shape index (κ1) is 23.3. The lowest BCUT2D eigenvalue weighted by atomic mass is 9.32. The molecule has 2 bridgehead atoms. The van der Waals surface area contributed by atoms with Crippen molar-refractivity contribution in [2.45, 2.75) is 138 Å². The quantitative estimate of drug-likeness (QED) is 0.370. The second-order valence-corrected chi connectivity index (χ2v) is 15.4. The highest BCUT2D eigenvalue weighted by molar-refractivity contribution is 5.20. The van der Waals surface area contributed by atoms with E-state index < -0.39 is 11.6 Å². The van der Waals surface area contributed by atoms with Crippen LogP contribution >= 0.6 is 0 Å². The standard InChI is InChI=1S/C30H50O3/c1-20(2)29-18-16-28(8)23-11-10-22-25(5)14-9-13-24(3,4)21(25)12-15-26(22,6)27(23,7)17-19-30(28,31-29)33-32-29/h20-23H,9-19H2,1-8H3/t21-,22+,23-,25-,26+,27+,28+,29+,30+/m0/s1. The van der Waals surface area contributed by atoms with Gasteiger partial charge in [0.25, 0.3) is 0 Å². The molecule has 6 fully saturated rings. The first-order valence-electron chi connectivity index (χ1n) is 14.4. The molecular weight excluding hydrogens is 408 g/mol. The summed E-state index contributed by atoms with van der Waals surface area (Å²) in [6.07, 6.45) is 14.2. The zero-order chi connectivity index (χ0) is 23.7. The van der Waals surface area contributed by atoms with E-state index in [9.17, 15) is 0 Å². The van der Waals surface area contributed by atoms with E-state index in [0.29, 0.717) is 33.5 Å². The van der Waals surface area contributed by atoms with Gasteiger partial charge in [-0.05, 0) is 90.8 Å². The van der Waals surface area contributed by atoms with E-state index in [4.69, 9.17) is 14.5 Å². The van der Waals surface area contributed by atoms with Gasteiger partial charge in [-0.15, -0.1) is 0 Å². The molecule has 9 atom stereocenters. The van der Waals surface area contributed by atoms with Gasteiger partial charge < -0.3 is 4.74 Å². The van der Waals surface area contributed by atoms with Crippen molar-refractivity contribution < 1.29 is 14.5 Å². The lowest BCUT2D eigenvalue weighted by molar-refractivity contribution is -0.391. The summed E-state index contributed by atoms with van der Waals surface area (Å²) in [5, 5.41) is 0. The van der Waals surface area contributed by atoms with E-state index in [1.807, 2.05) is 0 Å². The Bertz CT molecular complexity index is 836. The van der Waals surface area contributed by atoms with Crippen LogP contribution in [0, 0.1) is 50.7 Å². The van der Waals surface area contributed by atoms with E-state index in [0.717, 1.165) is 24.7 Å². The minimum absolute atomic E-state index is 0.0342. The molecule has 0 aromatic rings. The lowest BCUT2D eigenvalue weighted by Gasteiger charge is -2.74. The molecule has 4 saturated carbocycles. The summed E-state index contributed by atoms with van der Waals surface area (Å²) in [7, 11) is 0. The average Bonchev–Trinajstić information content (AvgIpc) is 3.07. The maximum atomic E-state index is 6.89. The average molecular weight is 459 g/mol. The predicted octanol–water partition coefficient (Wildman–Crippen LogP) is 8.27. The van der Waals surface area contributed by atoms with Crippen LogP contribution in [0.1, 0.15) is 126 Å². The van der Waals surface area contributed by atoms with Gasteiger partial charge in [-0.2, -0.15) is 9.78 Å². The molecule has 188 valence electrons. The van der Waals surface area contributed by atoms with Gasteiger partial charge in [0.15, 0.2) is 0 Å². The SMILES string of the molecule is CC(C)[C@@]12CC[C@]3(C)[C@H]4CC[C@@H]5[C@@]6(C)CCCC(C)(C)[C@@H]6CC[C@@]5(C)[C@]4(C)CC[C@]3(OO1)O2. The predicted molar refractivity (Wildman–Crippen MR) is 131 cm³/mol. The first-order valence-corrected chi connectivity index (χ1v) is 14.4. The van der Waals surface area contributed by atoms with Crippen LogP contribution in [0.15, 0.2) is 0 Å². The highest BCUT2D eigenvalue weighted by Gasteiger charge is 2.76. The van der Waals surface area contributed by atoms with Crippen LogP contribution in [0.4, 0.5) is 0 Å². The van der Waals surface area contributed by atoms with Crippen LogP contribution in [0.5, 0.6) is 0 Å². The molecule has 0 aromatic heterocycles. The second kappa shape index (κ2) is 6.60. The van der Waals surface area contributed by atoms with Crippen LogP contribution in [0.25, 0.3) is 0 Å². The van der Waals surface area contributed by atoms with Crippen molar-refractivity contribution in [3.05, 3.63) is 0 Å². The molecule has 2 saturated heterocycles. The van der Waals surface area contributed by atoms with Crippen LogP contribution < -0.4 is 0 Å². The van der Waals surface area contributed by atoms with Gasteiger partial charge in [-0.25, -0.2) is 0 Å². The third-order valence-electron chi connectivity index (χ3n) is 13.8. The molecule has 2 heterocycles. The second-order valence-electron chi connectivity index (χ2n) is 15.4. The molecule has 0 N–H and O–H groups in total.